The highest BCUT2D eigenvalue weighted by Gasteiger charge is 2.15. The van der Waals surface area contributed by atoms with E-state index in [4.69, 9.17) is 14.3 Å². The van der Waals surface area contributed by atoms with Crippen LogP contribution in [0.1, 0.15) is 32.1 Å². The molecule has 0 fully saturated rings. The van der Waals surface area contributed by atoms with E-state index in [0.29, 0.717) is 17.7 Å². The quantitative estimate of drug-likeness (QED) is 0.329. The van der Waals surface area contributed by atoms with Gasteiger partial charge in [-0.05, 0) is 25.0 Å². The van der Waals surface area contributed by atoms with Gasteiger partial charge in [-0.3, -0.25) is 10.1 Å². The van der Waals surface area contributed by atoms with Crippen LogP contribution in [0, 0.1) is 10.1 Å². The minimum Gasteiger partial charge on any atom is -0.493 e. The van der Waals surface area contributed by atoms with Crippen molar-refractivity contribution < 1.29 is 19.2 Å². The molecule has 0 spiro atoms. The summed E-state index contributed by atoms with van der Waals surface area (Å²) in [6, 6.07) is 6.08. The number of aliphatic hydroxyl groups is 1. The molecule has 0 bridgehead atoms. The van der Waals surface area contributed by atoms with Gasteiger partial charge < -0.3 is 14.3 Å². The number of hydrogen-bond donors (Lipinski definition) is 1. The maximum Gasteiger partial charge on any atom is 0.415 e. The second-order valence-electron chi connectivity index (χ2n) is 5.22. The molecule has 2 rings (SSSR count). The van der Waals surface area contributed by atoms with Crippen molar-refractivity contribution in [2.24, 2.45) is 0 Å². The molecular formula is C16H19NO6. The molecule has 1 aromatic heterocycles. The van der Waals surface area contributed by atoms with Crippen molar-refractivity contribution in [2.45, 2.75) is 32.1 Å². The molecule has 0 saturated carbocycles. The van der Waals surface area contributed by atoms with Crippen LogP contribution in [0.4, 0.5) is 5.69 Å². The van der Waals surface area contributed by atoms with E-state index < -0.39 is 16.2 Å². The van der Waals surface area contributed by atoms with Gasteiger partial charge in [-0.1, -0.05) is 19.3 Å². The van der Waals surface area contributed by atoms with E-state index in [1.165, 1.54) is 6.07 Å². The Labute approximate surface area is 132 Å². The van der Waals surface area contributed by atoms with Crippen molar-refractivity contribution in [1.82, 2.24) is 0 Å². The number of hydrogen-bond acceptors (Lipinski definition) is 6. The molecule has 0 amide bonds. The molecule has 0 saturated heterocycles. The van der Waals surface area contributed by atoms with Crippen molar-refractivity contribution in [3.63, 3.8) is 0 Å². The maximum atomic E-state index is 11.5. The van der Waals surface area contributed by atoms with E-state index >= 15 is 0 Å². The van der Waals surface area contributed by atoms with E-state index in [0.717, 1.165) is 32.1 Å². The number of fused-ring (bicyclic) bond motifs is 1. The predicted octanol–water partition coefficient (Wildman–Crippen LogP) is 3.02. The van der Waals surface area contributed by atoms with Crippen LogP contribution in [0.3, 0.4) is 0 Å². The summed E-state index contributed by atoms with van der Waals surface area (Å²) in [4.78, 5) is 21.5. The van der Waals surface area contributed by atoms with Crippen molar-refractivity contribution in [3.8, 4) is 5.75 Å². The Kier molecular flexibility index (Phi) is 6.10. The van der Waals surface area contributed by atoms with Crippen molar-refractivity contribution in [1.29, 1.82) is 0 Å². The zero-order chi connectivity index (χ0) is 16.7. The average molecular weight is 321 g/mol. The van der Waals surface area contributed by atoms with Crippen LogP contribution in [-0.4, -0.2) is 23.2 Å². The Morgan fingerprint density at radius 1 is 1.13 bits per heavy atom. The van der Waals surface area contributed by atoms with Crippen LogP contribution < -0.4 is 10.4 Å². The highest BCUT2D eigenvalue weighted by atomic mass is 16.6. The summed E-state index contributed by atoms with van der Waals surface area (Å²) in [6.45, 7) is 0.777. The Balaban J connectivity index is 1.94. The second-order valence-corrected chi connectivity index (χ2v) is 5.22. The lowest BCUT2D eigenvalue weighted by molar-refractivity contribution is -0.387. The summed E-state index contributed by atoms with van der Waals surface area (Å²) >= 11 is 0. The molecule has 124 valence electrons. The van der Waals surface area contributed by atoms with Crippen molar-refractivity contribution >= 4 is 16.7 Å². The maximum absolute atomic E-state index is 11.5. The van der Waals surface area contributed by atoms with Crippen molar-refractivity contribution in [2.75, 3.05) is 13.2 Å². The third kappa shape index (κ3) is 4.79. The molecule has 0 unspecified atom stereocenters. The lowest BCUT2D eigenvalue weighted by Crippen LogP contribution is -2.06. The van der Waals surface area contributed by atoms with Gasteiger partial charge >= 0.3 is 11.3 Å². The minimum absolute atomic E-state index is 0.233. The molecular weight excluding hydrogens is 302 g/mol. The minimum atomic E-state index is -0.969. The second kappa shape index (κ2) is 8.28. The normalized spacial score (nSPS) is 10.8. The van der Waals surface area contributed by atoms with Crippen LogP contribution in [0.25, 0.3) is 11.0 Å². The van der Waals surface area contributed by atoms with Crippen molar-refractivity contribution in [3.05, 3.63) is 44.8 Å². The SMILES string of the molecule is O=c1oc2cc(OCCCCCCCO)ccc2cc1[N+](=O)[O-]. The largest absolute Gasteiger partial charge is 0.493 e. The zero-order valence-corrected chi connectivity index (χ0v) is 12.7. The fourth-order valence-electron chi connectivity index (χ4n) is 2.23. The van der Waals surface area contributed by atoms with Gasteiger partial charge in [0.05, 0.1) is 11.5 Å². The first-order chi connectivity index (χ1) is 11.1. The van der Waals surface area contributed by atoms with Crippen LogP contribution in [0.2, 0.25) is 0 Å². The van der Waals surface area contributed by atoms with Gasteiger partial charge in [-0.15, -0.1) is 0 Å². The molecule has 0 aliphatic heterocycles. The number of ether oxygens (including phenoxy) is 1. The first kappa shape index (κ1) is 17.0. The van der Waals surface area contributed by atoms with Gasteiger partial charge in [-0.2, -0.15) is 0 Å². The van der Waals surface area contributed by atoms with E-state index in [1.54, 1.807) is 18.2 Å². The van der Waals surface area contributed by atoms with Crippen LogP contribution in [0.5, 0.6) is 5.75 Å². The lowest BCUT2D eigenvalue weighted by atomic mass is 10.1. The lowest BCUT2D eigenvalue weighted by Gasteiger charge is -2.06. The summed E-state index contributed by atoms with van der Waals surface area (Å²) in [5.41, 5.74) is -1.28. The zero-order valence-electron chi connectivity index (χ0n) is 12.7. The molecule has 0 radical (unpaired) electrons. The fraction of sp³-hybridized carbons (Fsp3) is 0.438. The monoisotopic (exact) mass is 321 g/mol. The molecule has 23 heavy (non-hydrogen) atoms. The molecule has 0 aliphatic carbocycles. The van der Waals surface area contributed by atoms with Crippen LogP contribution in [-0.2, 0) is 0 Å². The first-order valence-electron chi connectivity index (χ1n) is 7.58. The summed E-state index contributed by atoms with van der Waals surface area (Å²) in [5.74, 6) is 0.560. The van der Waals surface area contributed by atoms with E-state index in [1.807, 2.05) is 0 Å². The van der Waals surface area contributed by atoms with Crippen LogP contribution >= 0.6 is 0 Å². The number of rotatable bonds is 9. The topological polar surface area (TPSA) is 103 Å². The smallest absolute Gasteiger partial charge is 0.415 e. The summed E-state index contributed by atoms with van der Waals surface area (Å²) in [6.07, 6.45) is 4.82. The molecule has 1 heterocycles. The molecule has 7 nitrogen and oxygen atoms in total. The summed E-state index contributed by atoms with van der Waals surface area (Å²) in [7, 11) is 0. The highest BCUT2D eigenvalue weighted by Crippen LogP contribution is 2.22. The summed E-state index contributed by atoms with van der Waals surface area (Å²) < 4.78 is 10.6. The third-order valence-corrected chi connectivity index (χ3v) is 3.46. The molecule has 0 atom stereocenters. The Bertz CT molecular complexity index is 724. The molecule has 7 heteroatoms. The van der Waals surface area contributed by atoms with Gasteiger partial charge in [0.2, 0.25) is 0 Å². The number of aliphatic hydroxyl groups excluding tert-OH is 1. The number of nitrogens with zero attached hydrogens (tertiary/aromatic N) is 1. The fourth-order valence-corrected chi connectivity index (χ4v) is 2.23. The predicted molar refractivity (Wildman–Crippen MR) is 84.8 cm³/mol. The third-order valence-electron chi connectivity index (χ3n) is 3.46. The van der Waals surface area contributed by atoms with Gasteiger partial charge in [-0.25, -0.2) is 4.79 Å². The van der Waals surface area contributed by atoms with Gasteiger partial charge in [0.1, 0.15) is 11.3 Å². The number of unbranched alkanes of at least 4 members (excludes halogenated alkanes) is 4. The molecule has 1 aromatic carbocycles. The highest BCUT2D eigenvalue weighted by molar-refractivity contribution is 5.79. The standard InChI is InChI=1S/C16H19NO6/c18-8-4-2-1-3-5-9-22-13-7-6-12-10-14(17(20)21)16(19)23-15(12)11-13/h6-7,10-11,18H,1-5,8-9H2. The molecule has 2 aromatic rings. The Morgan fingerprint density at radius 2 is 1.87 bits per heavy atom. The molecule has 1 N–H and O–H groups in total. The van der Waals surface area contributed by atoms with Gasteiger partial charge in [0.15, 0.2) is 0 Å². The van der Waals surface area contributed by atoms with E-state index in [2.05, 4.69) is 0 Å². The molecule has 0 aliphatic rings. The first-order valence-corrected chi connectivity index (χ1v) is 7.58. The average Bonchev–Trinajstić information content (AvgIpc) is 2.53. The van der Waals surface area contributed by atoms with Gasteiger partial charge in [0.25, 0.3) is 0 Å². The van der Waals surface area contributed by atoms with E-state index in [9.17, 15) is 14.9 Å². The Hall–Kier alpha value is -2.41. The summed E-state index contributed by atoms with van der Waals surface area (Å²) in [5, 5.41) is 19.9. The number of benzene rings is 1. The van der Waals surface area contributed by atoms with E-state index in [-0.39, 0.29) is 12.2 Å². The van der Waals surface area contributed by atoms with Crippen LogP contribution in [0.15, 0.2) is 33.5 Å². The van der Waals surface area contributed by atoms with Gasteiger partial charge in [0, 0.05) is 24.1 Å². The number of nitro groups is 1. The Morgan fingerprint density at radius 3 is 2.61 bits per heavy atom.